The fourth-order valence-corrected chi connectivity index (χ4v) is 7.53. The normalized spacial score (nSPS) is 11.2. The number of carbonyl (C=O) groups excluding carboxylic acids is 3. The minimum absolute atomic E-state index is 0.0848. The van der Waals surface area contributed by atoms with Gasteiger partial charge >= 0.3 is 17.9 Å². The topological polar surface area (TPSA) is 142 Å². The first kappa shape index (κ1) is 33.0. The lowest BCUT2D eigenvalue weighted by Crippen LogP contribution is -2.29. The average molecular weight is 916 g/mol. The Hall–Kier alpha value is -2.47. The summed E-state index contributed by atoms with van der Waals surface area (Å²) in [5.41, 5.74) is -1.80. The Bertz CT molecular complexity index is 1640. The quantitative estimate of drug-likeness (QED) is 0.0960. The van der Waals surface area contributed by atoms with E-state index < -0.39 is 40.2 Å². The molecule has 0 heterocycles. The Morgan fingerprint density at radius 3 is 2.07 bits per heavy atom. The fraction of sp³-hybridized carbons (Fsp3) is 0.148. The van der Waals surface area contributed by atoms with Gasteiger partial charge in [0, 0.05) is 10.7 Å². The highest BCUT2D eigenvalue weighted by molar-refractivity contribution is 14.1. The Labute approximate surface area is 276 Å². The van der Waals surface area contributed by atoms with Crippen molar-refractivity contribution in [1.29, 1.82) is 0 Å². The molecule has 3 aromatic rings. The maximum atomic E-state index is 13.5. The average Bonchev–Trinajstić information content (AvgIpc) is 2.87. The van der Waals surface area contributed by atoms with Crippen LogP contribution in [0.1, 0.15) is 34.6 Å². The van der Waals surface area contributed by atoms with Crippen LogP contribution in [0.15, 0.2) is 59.5 Å². The van der Waals surface area contributed by atoms with Crippen LogP contribution in [0, 0.1) is 23.1 Å². The summed E-state index contributed by atoms with van der Waals surface area (Å²) in [4.78, 5) is 38.6. The molecule has 0 saturated heterocycles. The molecule has 0 aliphatic carbocycles. The summed E-state index contributed by atoms with van der Waals surface area (Å²) in [6, 6.07) is 13.1. The van der Waals surface area contributed by atoms with E-state index in [1.807, 2.05) is 0 Å². The Balaban J connectivity index is 2.00. The molecule has 0 aliphatic heterocycles. The molecule has 1 N–H and O–H groups in total. The van der Waals surface area contributed by atoms with Crippen LogP contribution in [0.25, 0.3) is 0 Å². The summed E-state index contributed by atoms with van der Waals surface area (Å²) in [6.45, 7) is 2.36. The van der Waals surface area contributed by atoms with E-state index >= 15 is 0 Å². The van der Waals surface area contributed by atoms with Gasteiger partial charge in [-0.15, -0.1) is 6.42 Å². The summed E-state index contributed by atoms with van der Waals surface area (Å²) < 4.78 is 55.6. The van der Waals surface area contributed by atoms with E-state index in [2.05, 4.69) is 28.5 Å². The zero-order valence-corrected chi connectivity index (χ0v) is 28.4. The Morgan fingerprint density at radius 1 is 0.927 bits per heavy atom. The molecule has 3 rings (SSSR count). The molecule has 0 fully saturated rings. The number of ether oxygens (including phenoxy) is 4. The molecule has 0 spiro atoms. The molecule has 0 atom stereocenters. The van der Waals surface area contributed by atoms with E-state index in [4.69, 9.17) is 25.4 Å². The third-order valence-corrected chi connectivity index (χ3v) is 9.09. The van der Waals surface area contributed by atoms with Gasteiger partial charge < -0.3 is 18.9 Å². The van der Waals surface area contributed by atoms with Crippen LogP contribution >= 0.6 is 67.8 Å². The standard InChI is InChI=1S/C27H19I3O10S/c1-4-27(2,3)40-22(31)14-37-21-7-5-6-18(25(32)38-16-10-8-15(28)9-11-16)23(21)26(33)39-17-12-19(29)24(20(30)13-17)41(34,35)36/h1,5-13H,14H2,2-3H3,(H,34,35,36). The second-order valence-electron chi connectivity index (χ2n) is 8.52. The molecule has 0 saturated carbocycles. The van der Waals surface area contributed by atoms with Crippen LogP contribution in [0.4, 0.5) is 0 Å². The highest BCUT2D eigenvalue weighted by Crippen LogP contribution is 2.31. The zero-order valence-electron chi connectivity index (χ0n) is 21.1. The first-order chi connectivity index (χ1) is 19.1. The van der Waals surface area contributed by atoms with Crippen molar-refractivity contribution in [3.8, 4) is 29.6 Å². The maximum absolute atomic E-state index is 13.5. The molecular formula is C27H19I3O10S. The first-order valence-electron chi connectivity index (χ1n) is 11.2. The van der Waals surface area contributed by atoms with Gasteiger partial charge in [-0.1, -0.05) is 12.0 Å². The minimum atomic E-state index is -4.54. The van der Waals surface area contributed by atoms with E-state index in [9.17, 15) is 27.4 Å². The van der Waals surface area contributed by atoms with Crippen LogP contribution in [0.5, 0.6) is 17.2 Å². The molecule has 41 heavy (non-hydrogen) atoms. The van der Waals surface area contributed by atoms with Gasteiger partial charge in [0.25, 0.3) is 10.1 Å². The first-order valence-corrected chi connectivity index (χ1v) is 15.9. The van der Waals surface area contributed by atoms with Crippen molar-refractivity contribution < 1.29 is 46.3 Å². The smallest absolute Gasteiger partial charge is 0.348 e. The van der Waals surface area contributed by atoms with Gasteiger partial charge in [-0.2, -0.15) is 8.42 Å². The third kappa shape index (κ3) is 9.01. The molecule has 10 nitrogen and oxygen atoms in total. The maximum Gasteiger partial charge on any atom is 0.348 e. The molecule has 214 valence electrons. The number of carbonyl (C=O) groups is 3. The lowest BCUT2D eigenvalue weighted by molar-refractivity contribution is -0.154. The molecule has 0 bridgehead atoms. The van der Waals surface area contributed by atoms with E-state index in [0.717, 1.165) is 3.57 Å². The number of benzene rings is 3. The summed E-state index contributed by atoms with van der Waals surface area (Å²) in [6.07, 6.45) is 5.35. The van der Waals surface area contributed by atoms with Gasteiger partial charge in [-0.3, -0.25) is 4.55 Å². The molecule has 0 amide bonds. The molecular weight excluding hydrogens is 897 g/mol. The molecule has 0 unspecified atom stereocenters. The van der Waals surface area contributed by atoms with Crippen LogP contribution in [-0.2, 0) is 19.6 Å². The SMILES string of the molecule is C#CC(C)(C)OC(=O)COc1cccc(C(=O)Oc2ccc(I)cc2)c1C(=O)Oc1cc(I)c(S(=O)(=O)O)c(I)c1. The van der Waals surface area contributed by atoms with Crippen molar-refractivity contribution in [1.82, 2.24) is 0 Å². The van der Waals surface area contributed by atoms with Crippen molar-refractivity contribution >= 4 is 95.8 Å². The van der Waals surface area contributed by atoms with Crippen LogP contribution < -0.4 is 14.2 Å². The van der Waals surface area contributed by atoms with Gasteiger partial charge in [0.15, 0.2) is 12.2 Å². The second kappa shape index (κ2) is 13.7. The largest absolute Gasteiger partial charge is 0.481 e. The Kier molecular flexibility index (Phi) is 11.0. The van der Waals surface area contributed by atoms with Crippen molar-refractivity contribution in [2.45, 2.75) is 24.3 Å². The molecule has 0 radical (unpaired) electrons. The zero-order chi connectivity index (χ0) is 30.5. The molecule has 0 aromatic heterocycles. The molecule has 3 aromatic carbocycles. The second-order valence-corrected chi connectivity index (χ2v) is 13.4. The number of esters is 3. The lowest BCUT2D eigenvalue weighted by atomic mass is 10.1. The van der Waals surface area contributed by atoms with E-state index in [1.54, 1.807) is 69.4 Å². The highest BCUT2D eigenvalue weighted by atomic mass is 127. The van der Waals surface area contributed by atoms with Crippen molar-refractivity contribution in [2.24, 2.45) is 0 Å². The minimum Gasteiger partial charge on any atom is -0.481 e. The highest BCUT2D eigenvalue weighted by Gasteiger charge is 2.28. The number of rotatable bonds is 9. The van der Waals surface area contributed by atoms with Crippen molar-refractivity contribution in [2.75, 3.05) is 6.61 Å². The predicted molar refractivity (Wildman–Crippen MR) is 172 cm³/mol. The Morgan fingerprint density at radius 2 is 1.51 bits per heavy atom. The van der Waals surface area contributed by atoms with Gasteiger partial charge in [-0.05, 0) is 130 Å². The summed E-state index contributed by atoms with van der Waals surface area (Å²) in [7, 11) is -4.54. The van der Waals surface area contributed by atoms with Gasteiger partial charge in [0.05, 0.1) is 5.56 Å². The van der Waals surface area contributed by atoms with E-state index in [-0.39, 0.29) is 40.4 Å². The van der Waals surface area contributed by atoms with Crippen LogP contribution in [0.2, 0.25) is 0 Å². The van der Waals surface area contributed by atoms with Gasteiger partial charge in [-0.25, -0.2) is 14.4 Å². The van der Waals surface area contributed by atoms with E-state index in [0.29, 0.717) is 0 Å². The third-order valence-electron chi connectivity index (χ3n) is 4.98. The van der Waals surface area contributed by atoms with Crippen LogP contribution in [0.3, 0.4) is 0 Å². The monoisotopic (exact) mass is 916 g/mol. The fourth-order valence-electron chi connectivity index (χ4n) is 3.18. The number of terminal acetylenes is 1. The lowest BCUT2D eigenvalue weighted by Gasteiger charge is -2.19. The van der Waals surface area contributed by atoms with Crippen molar-refractivity contribution in [3.63, 3.8) is 0 Å². The molecule has 14 heteroatoms. The van der Waals surface area contributed by atoms with Gasteiger partial charge in [0.1, 0.15) is 27.7 Å². The van der Waals surface area contributed by atoms with Gasteiger partial charge in [0.2, 0.25) is 0 Å². The van der Waals surface area contributed by atoms with E-state index in [1.165, 1.54) is 44.2 Å². The van der Waals surface area contributed by atoms with Crippen LogP contribution in [-0.4, -0.2) is 43.1 Å². The summed E-state index contributed by atoms with van der Waals surface area (Å²) in [5, 5.41) is 0. The number of hydrogen-bond donors (Lipinski definition) is 1. The predicted octanol–water partition coefficient (Wildman–Crippen LogP) is 5.52. The molecule has 0 aliphatic rings. The number of hydrogen-bond acceptors (Lipinski definition) is 9. The summed E-state index contributed by atoms with van der Waals surface area (Å²) in [5.74, 6) is -0.565. The van der Waals surface area contributed by atoms with Crippen molar-refractivity contribution in [3.05, 3.63) is 76.4 Å². The number of halogens is 3. The summed E-state index contributed by atoms with van der Waals surface area (Å²) >= 11 is 5.43.